The highest BCUT2D eigenvalue weighted by Crippen LogP contribution is 2.22. The number of amides is 3. The summed E-state index contributed by atoms with van der Waals surface area (Å²) in [6.07, 6.45) is 3.85. The van der Waals surface area contributed by atoms with Gasteiger partial charge in [-0.15, -0.1) is 0 Å². The molecule has 0 aromatic heterocycles. The van der Waals surface area contributed by atoms with Crippen LogP contribution in [0.15, 0.2) is 6.07 Å². The van der Waals surface area contributed by atoms with Gasteiger partial charge in [-0.2, -0.15) is 0 Å². The van der Waals surface area contributed by atoms with Gasteiger partial charge in [0, 0.05) is 6.04 Å². The molecular weight excluding hydrogens is 382 g/mol. The molecule has 2 rings (SSSR count). The molecule has 0 spiro atoms. The van der Waals surface area contributed by atoms with Crippen LogP contribution in [0.4, 0.5) is 17.6 Å². The molecule has 6 nitrogen and oxygen atoms in total. The summed E-state index contributed by atoms with van der Waals surface area (Å²) in [5.74, 6) is -11.6. The lowest BCUT2D eigenvalue weighted by atomic mass is 9.90. The maximum absolute atomic E-state index is 13.9. The van der Waals surface area contributed by atoms with Crippen molar-refractivity contribution in [2.24, 2.45) is 5.73 Å². The van der Waals surface area contributed by atoms with Gasteiger partial charge in [-0.3, -0.25) is 14.4 Å². The quantitative estimate of drug-likeness (QED) is 0.293. The van der Waals surface area contributed by atoms with E-state index >= 15 is 0 Å². The molecule has 1 aromatic rings. The average molecular weight is 403 g/mol. The summed E-state index contributed by atoms with van der Waals surface area (Å²) in [7, 11) is 0. The Labute approximate surface area is 158 Å². The summed E-state index contributed by atoms with van der Waals surface area (Å²) in [5.41, 5.74) is 1.87. The lowest BCUT2D eigenvalue weighted by molar-refractivity contribution is -0.137. The number of hydrogen-bond acceptors (Lipinski definition) is 3. The van der Waals surface area contributed by atoms with E-state index in [-0.39, 0.29) is 18.5 Å². The summed E-state index contributed by atoms with van der Waals surface area (Å²) in [4.78, 5) is 37.1. The lowest BCUT2D eigenvalue weighted by Crippen LogP contribution is -2.66. The summed E-state index contributed by atoms with van der Waals surface area (Å²) in [5, 5.41) is 4.62. The number of benzene rings is 1. The van der Waals surface area contributed by atoms with Gasteiger partial charge in [-0.05, 0) is 25.3 Å². The fraction of sp³-hybridized carbons (Fsp3) is 0.500. The van der Waals surface area contributed by atoms with E-state index in [9.17, 15) is 31.9 Å². The van der Waals surface area contributed by atoms with Crippen molar-refractivity contribution in [3.63, 3.8) is 0 Å². The maximum Gasteiger partial charge on any atom is 0.255 e. The molecule has 154 valence electrons. The Bertz CT molecular complexity index is 797. The SMILES string of the molecule is CCC(NC(=O)c1cc(F)c(F)c(F)c1F)(C(N)=O)C(=O)NC1CCCCC1. The van der Waals surface area contributed by atoms with E-state index in [0.29, 0.717) is 12.8 Å². The van der Waals surface area contributed by atoms with Crippen molar-refractivity contribution in [2.45, 2.75) is 57.0 Å². The van der Waals surface area contributed by atoms with Crippen LogP contribution in [0.5, 0.6) is 0 Å². The normalized spacial score (nSPS) is 16.9. The first-order valence-corrected chi connectivity index (χ1v) is 8.90. The molecule has 4 N–H and O–H groups in total. The van der Waals surface area contributed by atoms with Gasteiger partial charge in [0.2, 0.25) is 0 Å². The average Bonchev–Trinajstić information content (AvgIpc) is 2.67. The molecule has 1 unspecified atom stereocenters. The van der Waals surface area contributed by atoms with Gasteiger partial charge in [0.15, 0.2) is 28.8 Å². The van der Waals surface area contributed by atoms with Gasteiger partial charge in [0.1, 0.15) is 0 Å². The Morgan fingerprint density at radius 1 is 1.07 bits per heavy atom. The van der Waals surface area contributed by atoms with Gasteiger partial charge in [-0.25, -0.2) is 17.6 Å². The van der Waals surface area contributed by atoms with E-state index in [0.717, 1.165) is 19.3 Å². The van der Waals surface area contributed by atoms with Gasteiger partial charge >= 0.3 is 0 Å². The summed E-state index contributed by atoms with van der Waals surface area (Å²) >= 11 is 0. The molecule has 10 heteroatoms. The van der Waals surface area contributed by atoms with Crippen molar-refractivity contribution in [1.82, 2.24) is 10.6 Å². The van der Waals surface area contributed by atoms with E-state index < -0.39 is 52.1 Å². The first-order valence-electron chi connectivity index (χ1n) is 8.90. The van der Waals surface area contributed by atoms with Crippen LogP contribution in [0, 0.1) is 23.3 Å². The van der Waals surface area contributed by atoms with Crippen LogP contribution in [-0.2, 0) is 9.59 Å². The minimum atomic E-state index is -2.26. The second-order valence-corrected chi connectivity index (χ2v) is 6.73. The van der Waals surface area contributed by atoms with Gasteiger partial charge in [0.05, 0.1) is 5.56 Å². The summed E-state index contributed by atoms with van der Waals surface area (Å²) < 4.78 is 53.8. The highest BCUT2D eigenvalue weighted by atomic mass is 19.2. The second kappa shape index (κ2) is 8.57. The number of rotatable bonds is 6. The molecular formula is C18H21F4N3O3. The summed E-state index contributed by atoms with van der Waals surface area (Å²) in [6.45, 7) is 1.38. The van der Waals surface area contributed by atoms with E-state index in [1.807, 2.05) is 5.32 Å². The topological polar surface area (TPSA) is 101 Å². The highest BCUT2D eigenvalue weighted by Gasteiger charge is 2.45. The third-order valence-electron chi connectivity index (χ3n) is 4.95. The molecule has 1 atom stereocenters. The Balaban J connectivity index is 2.32. The van der Waals surface area contributed by atoms with Crippen LogP contribution >= 0.6 is 0 Å². The third-order valence-corrected chi connectivity index (χ3v) is 4.95. The van der Waals surface area contributed by atoms with Crippen molar-refractivity contribution in [3.8, 4) is 0 Å². The largest absolute Gasteiger partial charge is 0.367 e. The fourth-order valence-electron chi connectivity index (χ4n) is 3.21. The van der Waals surface area contributed by atoms with E-state index in [2.05, 4.69) is 5.32 Å². The predicted octanol–water partition coefficient (Wildman–Crippen LogP) is 2.06. The van der Waals surface area contributed by atoms with Crippen LogP contribution < -0.4 is 16.4 Å². The minimum absolute atomic E-state index is 0.142. The van der Waals surface area contributed by atoms with Crippen LogP contribution in [0.2, 0.25) is 0 Å². The highest BCUT2D eigenvalue weighted by molar-refractivity contribution is 6.13. The molecule has 3 amide bonds. The van der Waals surface area contributed by atoms with Crippen molar-refractivity contribution in [3.05, 3.63) is 34.9 Å². The Kier molecular flexibility index (Phi) is 6.63. The smallest absolute Gasteiger partial charge is 0.255 e. The zero-order chi connectivity index (χ0) is 21.1. The number of nitrogens with two attached hydrogens (primary N) is 1. The van der Waals surface area contributed by atoms with Crippen LogP contribution in [0.3, 0.4) is 0 Å². The number of halogens is 4. The van der Waals surface area contributed by atoms with Gasteiger partial charge < -0.3 is 16.4 Å². The van der Waals surface area contributed by atoms with Gasteiger partial charge in [-0.1, -0.05) is 26.2 Å². The molecule has 0 saturated heterocycles. The Morgan fingerprint density at radius 2 is 1.68 bits per heavy atom. The molecule has 0 radical (unpaired) electrons. The number of carbonyl (C=O) groups is 3. The first kappa shape index (κ1) is 21.6. The summed E-state index contributed by atoms with van der Waals surface area (Å²) in [6, 6.07) is -0.0790. The Morgan fingerprint density at radius 3 is 2.21 bits per heavy atom. The molecule has 0 heterocycles. The van der Waals surface area contributed by atoms with E-state index in [1.165, 1.54) is 6.92 Å². The lowest BCUT2D eigenvalue weighted by Gasteiger charge is -2.32. The number of carbonyl (C=O) groups excluding carboxylic acids is 3. The molecule has 1 aliphatic rings. The zero-order valence-corrected chi connectivity index (χ0v) is 15.2. The molecule has 28 heavy (non-hydrogen) atoms. The maximum atomic E-state index is 13.9. The van der Waals surface area contributed by atoms with Crippen LogP contribution in [0.25, 0.3) is 0 Å². The Hall–Kier alpha value is -2.65. The molecule has 0 aliphatic heterocycles. The van der Waals surface area contributed by atoms with Crippen molar-refractivity contribution in [1.29, 1.82) is 0 Å². The van der Waals surface area contributed by atoms with E-state index in [4.69, 9.17) is 5.73 Å². The zero-order valence-electron chi connectivity index (χ0n) is 15.2. The molecule has 1 aromatic carbocycles. The number of primary amides is 1. The van der Waals surface area contributed by atoms with Gasteiger partial charge in [0.25, 0.3) is 17.7 Å². The van der Waals surface area contributed by atoms with Crippen molar-refractivity contribution >= 4 is 17.7 Å². The molecule has 1 aliphatic carbocycles. The standard InChI is InChI=1S/C18H21F4N3O3/c1-2-18(16(23)27,17(28)24-9-6-4-3-5-7-9)25-15(26)10-8-11(19)13(21)14(22)12(10)20/h8-9H,2-7H2,1H3,(H2,23,27)(H,24,28)(H,25,26). The molecule has 1 fully saturated rings. The monoisotopic (exact) mass is 403 g/mol. The van der Waals surface area contributed by atoms with Crippen LogP contribution in [-0.4, -0.2) is 29.3 Å². The molecule has 0 bridgehead atoms. The van der Waals surface area contributed by atoms with E-state index in [1.54, 1.807) is 0 Å². The van der Waals surface area contributed by atoms with Crippen LogP contribution in [0.1, 0.15) is 55.8 Å². The predicted molar refractivity (Wildman–Crippen MR) is 91.0 cm³/mol. The van der Waals surface area contributed by atoms with Crippen molar-refractivity contribution in [2.75, 3.05) is 0 Å². The van der Waals surface area contributed by atoms with Crippen molar-refractivity contribution < 1.29 is 31.9 Å². The number of nitrogens with one attached hydrogen (secondary N) is 2. The minimum Gasteiger partial charge on any atom is -0.367 e. The first-order chi connectivity index (χ1) is 13.1. The second-order valence-electron chi connectivity index (χ2n) is 6.73. The fourth-order valence-corrected chi connectivity index (χ4v) is 3.21. The molecule has 1 saturated carbocycles. The number of hydrogen-bond donors (Lipinski definition) is 3. The third kappa shape index (κ3) is 4.10.